The fraction of sp³-hybridized carbons (Fsp3) is 0.571. The molecular weight excluding hydrogens is 216 g/mol. The zero-order valence-electron chi connectivity index (χ0n) is 11.5. The molecule has 0 saturated heterocycles. The molecule has 1 aromatic rings. The van der Waals surface area contributed by atoms with Crippen molar-refractivity contribution in [2.75, 3.05) is 0 Å². The van der Waals surface area contributed by atoms with Gasteiger partial charge < -0.3 is 14.6 Å². The highest BCUT2D eigenvalue weighted by atomic mass is 16.5. The lowest BCUT2D eigenvalue weighted by Gasteiger charge is -2.24. The number of hydrogen-bond acceptors (Lipinski definition) is 3. The van der Waals surface area contributed by atoms with Crippen molar-refractivity contribution in [3.8, 4) is 17.2 Å². The van der Waals surface area contributed by atoms with Crippen LogP contribution in [0.1, 0.15) is 41.5 Å². The van der Waals surface area contributed by atoms with E-state index in [1.165, 1.54) is 0 Å². The average Bonchev–Trinajstić information content (AvgIpc) is 2.05. The molecule has 0 unspecified atom stereocenters. The first-order chi connectivity index (χ1) is 7.57. The Kier molecular flexibility index (Phi) is 3.60. The lowest BCUT2D eigenvalue weighted by atomic mass is 10.1. The Balaban J connectivity index is 2.87. The molecular formula is C14H22O3. The molecule has 3 heteroatoms. The molecule has 96 valence electrons. The minimum atomic E-state index is -0.329. The van der Waals surface area contributed by atoms with Gasteiger partial charge in [-0.3, -0.25) is 0 Å². The number of hydrogen-bond donors (Lipinski definition) is 1. The molecule has 0 aliphatic carbocycles. The summed E-state index contributed by atoms with van der Waals surface area (Å²) in [6, 6.07) is 5.10. The summed E-state index contributed by atoms with van der Waals surface area (Å²) in [5, 5.41) is 9.85. The summed E-state index contributed by atoms with van der Waals surface area (Å²) < 4.78 is 11.3. The molecule has 0 aromatic heterocycles. The maximum atomic E-state index is 9.85. The van der Waals surface area contributed by atoms with Crippen LogP contribution in [0.4, 0.5) is 0 Å². The first-order valence-electron chi connectivity index (χ1n) is 5.78. The second kappa shape index (κ2) is 4.47. The third kappa shape index (κ3) is 4.98. The van der Waals surface area contributed by atoms with Crippen LogP contribution in [0.2, 0.25) is 0 Å². The Labute approximate surface area is 103 Å². The van der Waals surface area contributed by atoms with E-state index in [4.69, 9.17) is 9.47 Å². The summed E-state index contributed by atoms with van der Waals surface area (Å²) in [6.07, 6.45) is 0. The van der Waals surface area contributed by atoms with Crippen LogP contribution in [0.15, 0.2) is 18.2 Å². The molecule has 0 bridgehead atoms. The van der Waals surface area contributed by atoms with Crippen molar-refractivity contribution in [3.63, 3.8) is 0 Å². The highest BCUT2D eigenvalue weighted by molar-refractivity contribution is 5.44. The van der Waals surface area contributed by atoms with Gasteiger partial charge in [0.05, 0.1) is 0 Å². The Morgan fingerprint density at radius 2 is 1.41 bits per heavy atom. The van der Waals surface area contributed by atoms with Gasteiger partial charge >= 0.3 is 0 Å². The van der Waals surface area contributed by atoms with Crippen molar-refractivity contribution in [3.05, 3.63) is 18.2 Å². The smallest absolute Gasteiger partial charge is 0.161 e. The summed E-state index contributed by atoms with van der Waals surface area (Å²) in [4.78, 5) is 0. The number of aromatic hydroxyl groups is 1. The molecule has 1 aromatic carbocycles. The Morgan fingerprint density at radius 1 is 0.882 bits per heavy atom. The normalized spacial score (nSPS) is 12.4. The predicted octanol–water partition coefficient (Wildman–Crippen LogP) is 3.75. The van der Waals surface area contributed by atoms with Crippen LogP contribution in [0.3, 0.4) is 0 Å². The summed E-state index contributed by atoms with van der Waals surface area (Å²) in [7, 11) is 0. The van der Waals surface area contributed by atoms with Crippen molar-refractivity contribution in [1.29, 1.82) is 0 Å². The van der Waals surface area contributed by atoms with E-state index >= 15 is 0 Å². The van der Waals surface area contributed by atoms with Gasteiger partial charge in [-0.2, -0.15) is 0 Å². The fourth-order valence-corrected chi connectivity index (χ4v) is 1.33. The lowest BCUT2D eigenvalue weighted by molar-refractivity contribution is 0.121. The van der Waals surface area contributed by atoms with Gasteiger partial charge in [0.2, 0.25) is 0 Å². The second-order valence-electron chi connectivity index (χ2n) is 6.06. The molecule has 0 spiro atoms. The molecule has 0 fully saturated rings. The van der Waals surface area contributed by atoms with Crippen molar-refractivity contribution < 1.29 is 14.6 Å². The van der Waals surface area contributed by atoms with E-state index in [-0.39, 0.29) is 17.0 Å². The van der Waals surface area contributed by atoms with Gasteiger partial charge in [-0.25, -0.2) is 0 Å². The average molecular weight is 238 g/mol. The van der Waals surface area contributed by atoms with Gasteiger partial charge in [-0.15, -0.1) is 0 Å². The van der Waals surface area contributed by atoms with Crippen molar-refractivity contribution >= 4 is 0 Å². The topological polar surface area (TPSA) is 38.7 Å². The van der Waals surface area contributed by atoms with Crippen molar-refractivity contribution in [1.82, 2.24) is 0 Å². The van der Waals surface area contributed by atoms with Crippen molar-refractivity contribution in [2.24, 2.45) is 0 Å². The molecule has 0 aliphatic heterocycles. The summed E-state index contributed by atoms with van der Waals surface area (Å²) in [5.74, 6) is 1.21. The van der Waals surface area contributed by atoms with Gasteiger partial charge in [0.25, 0.3) is 0 Å². The minimum Gasteiger partial charge on any atom is -0.504 e. The van der Waals surface area contributed by atoms with Crippen LogP contribution in [-0.2, 0) is 0 Å². The molecule has 0 atom stereocenters. The zero-order chi connectivity index (χ0) is 13.3. The third-order valence-corrected chi connectivity index (χ3v) is 1.77. The molecule has 3 nitrogen and oxygen atoms in total. The van der Waals surface area contributed by atoms with Gasteiger partial charge in [0.15, 0.2) is 11.5 Å². The molecule has 17 heavy (non-hydrogen) atoms. The number of benzene rings is 1. The van der Waals surface area contributed by atoms with Crippen LogP contribution in [0.25, 0.3) is 0 Å². The third-order valence-electron chi connectivity index (χ3n) is 1.77. The monoisotopic (exact) mass is 238 g/mol. The zero-order valence-corrected chi connectivity index (χ0v) is 11.5. The quantitative estimate of drug-likeness (QED) is 0.852. The lowest BCUT2D eigenvalue weighted by Crippen LogP contribution is -2.24. The molecule has 0 aliphatic rings. The molecule has 0 heterocycles. The Morgan fingerprint density at radius 3 is 1.82 bits per heavy atom. The molecule has 0 radical (unpaired) electrons. The van der Waals surface area contributed by atoms with E-state index < -0.39 is 0 Å². The first kappa shape index (κ1) is 13.7. The fourth-order valence-electron chi connectivity index (χ4n) is 1.33. The van der Waals surface area contributed by atoms with Crippen molar-refractivity contribution in [2.45, 2.75) is 52.7 Å². The van der Waals surface area contributed by atoms with Gasteiger partial charge in [0.1, 0.15) is 17.0 Å². The molecule has 0 saturated carbocycles. The summed E-state index contributed by atoms with van der Waals surface area (Å²) in [5.41, 5.74) is -0.608. The Hall–Kier alpha value is -1.38. The maximum absolute atomic E-state index is 9.85. The van der Waals surface area contributed by atoms with E-state index in [1.54, 1.807) is 18.2 Å². The van der Waals surface area contributed by atoms with Crippen LogP contribution in [-0.4, -0.2) is 16.3 Å². The minimum absolute atomic E-state index is 0.0988. The van der Waals surface area contributed by atoms with Gasteiger partial charge in [-0.05, 0) is 53.7 Å². The van der Waals surface area contributed by atoms with E-state index in [0.717, 1.165) is 0 Å². The summed E-state index contributed by atoms with van der Waals surface area (Å²) >= 11 is 0. The van der Waals surface area contributed by atoms with E-state index in [1.807, 2.05) is 41.5 Å². The van der Waals surface area contributed by atoms with E-state index in [9.17, 15) is 5.11 Å². The maximum Gasteiger partial charge on any atom is 0.161 e. The SMILES string of the molecule is CC(C)(C)Oc1ccc(OC(C)(C)C)c(O)c1. The largest absolute Gasteiger partial charge is 0.504 e. The van der Waals surface area contributed by atoms with Gasteiger partial charge in [0, 0.05) is 6.07 Å². The van der Waals surface area contributed by atoms with Crippen LogP contribution in [0.5, 0.6) is 17.2 Å². The second-order valence-corrected chi connectivity index (χ2v) is 6.06. The highest BCUT2D eigenvalue weighted by Crippen LogP contribution is 2.33. The molecule has 1 N–H and O–H groups in total. The molecule has 1 rings (SSSR count). The van der Waals surface area contributed by atoms with Crippen LogP contribution < -0.4 is 9.47 Å². The summed E-state index contributed by atoms with van der Waals surface area (Å²) in [6.45, 7) is 11.7. The molecule has 0 amide bonds. The van der Waals surface area contributed by atoms with E-state index in [0.29, 0.717) is 11.5 Å². The van der Waals surface area contributed by atoms with Crippen LogP contribution >= 0.6 is 0 Å². The number of ether oxygens (including phenoxy) is 2. The predicted molar refractivity (Wildman–Crippen MR) is 68.9 cm³/mol. The standard InChI is InChI=1S/C14H22O3/c1-13(2,3)16-10-7-8-12(11(15)9-10)17-14(4,5)6/h7-9,15H,1-6H3. The van der Waals surface area contributed by atoms with Gasteiger partial charge in [-0.1, -0.05) is 0 Å². The van der Waals surface area contributed by atoms with Crippen LogP contribution in [0, 0.1) is 0 Å². The first-order valence-corrected chi connectivity index (χ1v) is 5.78. The number of phenols is 1. The van der Waals surface area contributed by atoms with E-state index in [2.05, 4.69) is 0 Å². The highest BCUT2D eigenvalue weighted by Gasteiger charge is 2.17. The number of rotatable bonds is 2. The Bertz CT molecular complexity index is 383. The number of phenolic OH excluding ortho intramolecular Hbond substituents is 1.